The van der Waals surface area contributed by atoms with Crippen LogP contribution in [0, 0.1) is 0 Å². The molecule has 19 heavy (non-hydrogen) atoms. The molecule has 0 saturated heterocycles. The monoisotopic (exact) mass is 319 g/mol. The van der Waals surface area contributed by atoms with E-state index in [2.05, 4.69) is 52.4 Å². The van der Waals surface area contributed by atoms with Gasteiger partial charge in [-0.05, 0) is 65.4 Å². The smallest absolute Gasteiger partial charge is 0.169 e. The molecule has 0 spiro atoms. The first-order valence-electron chi connectivity index (χ1n) is 6.80. The zero-order chi connectivity index (χ0) is 13.2. The molecule has 1 aromatic carbocycles. The maximum absolute atomic E-state index is 5.61. The maximum atomic E-state index is 5.61. The molecule has 2 aromatic rings. The number of benzene rings is 1. The van der Waals surface area contributed by atoms with E-state index in [1.54, 1.807) is 0 Å². The number of hydrogen-bond acceptors (Lipinski definition) is 2. The summed E-state index contributed by atoms with van der Waals surface area (Å²) in [5.74, 6) is 0.991. The summed E-state index contributed by atoms with van der Waals surface area (Å²) >= 11 is 3.35. The first-order valence-corrected chi connectivity index (χ1v) is 7.60. The number of rotatable bonds is 3. The first kappa shape index (κ1) is 12.9. The average molecular weight is 320 g/mol. The highest BCUT2D eigenvalue weighted by atomic mass is 79.9. The van der Waals surface area contributed by atoms with Gasteiger partial charge in [-0.2, -0.15) is 0 Å². The van der Waals surface area contributed by atoms with Gasteiger partial charge in [-0.15, -0.1) is 0 Å². The van der Waals surface area contributed by atoms with Gasteiger partial charge in [-0.3, -0.25) is 0 Å². The van der Waals surface area contributed by atoms with Gasteiger partial charge in [-0.25, -0.2) is 0 Å². The molecule has 1 aliphatic carbocycles. The molecule has 0 saturated carbocycles. The predicted octanol–water partition coefficient (Wildman–Crippen LogP) is 4.25. The first-order chi connectivity index (χ1) is 9.22. The number of furan rings is 1. The van der Waals surface area contributed by atoms with E-state index in [9.17, 15) is 0 Å². The molecule has 2 nitrogen and oxygen atoms in total. The minimum atomic E-state index is 0.251. The number of nitrogens with one attached hydrogen (secondary N) is 1. The summed E-state index contributed by atoms with van der Waals surface area (Å²) in [7, 11) is 0. The molecule has 1 aliphatic rings. The summed E-state index contributed by atoms with van der Waals surface area (Å²) < 4.78 is 6.41. The Hall–Kier alpha value is -1.06. The molecular weight excluding hydrogens is 302 g/mol. The molecule has 0 fully saturated rings. The zero-order valence-corrected chi connectivity index (χ0v) is 12.6. The molecule has 3 rings (SSSR count). The van der Waals surface area contributed by atoms with E-state index in [1.807, 2.05) is 12.1 Å². The van der Waals surface area contributed by atoms with Gasteiger partial charge >= 0.3 is 0 Å². The van der Waals surface area contributed by atoms with E-state index in [-0.39, 0.29) is 6.04 Å². The van der Waals surface area contributed by atoms with Gasteiger partial charge in [0.15, 0.2) is 4.67 Å². The van der Waals surface area contributed by atoms with Crippen molar-refractivity contribution in [2.75, 3.05) is 0 Å². The lowest BCUT2D eigenvalue weighted by Crippen LogP contribution is -2.36. The van der Waals surface area contributed by atoms with E-state index < -0.39 is 0 Å². The van der Waals surface area contributed by atoms with Crippen LogP contribution in [0.25, 0.3) is 0 Å². The van der Waals surface area contributed by atoms with E-state index >= 15 is 0 Å². The van der Waals surface area contributed by atoms with Crippen LogP contribution in [-0.2, 0) is 12.8 Å². The SMILES string of the molecule is CC(NC1CCc2ccccc2C1)c1ccc(Br)o1. The van der Waals surface area contributed by atoms with Gasteiger partial charge in [0, 0.05) is 6.04 Å². The third-order valence-electron chi connectivity index (χ3n) is 3.85. The van der Waals surface area contributed by atoms with Gasteiger partial charge in [0.25, 0.3) is 0 Å². The topological polar surface area (TPSA) is 25.2 Å². The Morgan fingerprint density at radius 1 is 1.21 bits per heavy atom. The highest BCUT2D eigenvalue weighted by Crippen LogP contribution is 2.25. The van der Waals surface area contributed by atoms with Crippen molar-refractivity contribution in [3.63, 3.8) is 0 Å². The molecule has 1 aromatic heterocycles. The molecule has 0 amide bonds. The van der Waals surface area contributed by atoms with Crippen LogP contribution in [0.15, 0.2) is 45.5 Å². The van der Waals surface area contributed by atoms with Crippen LogP contribution in [0.3, 0.4) is 0 Å². The largest absolute Gasteiger partial charge is 0.453 e. The van der Waals surface area contributed by atoms with Crippen molar-refractivity contribution < 1.29 is 4.42 Å². The molecule has 0 radical (unpaired) electrons. The standard InChI is InChI=1S/C16H18BrNO/c1-11(15-8-9-16(17)19-15)18-14-7-6-12-4-2-3-5-13(12)10-14/h2-5,8-9,11,14,18H,6-7,10H2,1H3. The minimum Gasteiger partial charge on any atom is -0.453 e. The molecule has 2 unspecified atom stereocenters. The van der Waals surface area contributed by atoms with Gasteiger partial charge in [-0.1, -0.05) is 24.3 Å². The van der Waals surface area contributed by atoms with Crippen molar-refractivity contribution in [1.29, 1.82) is 0 Å². The summed E-state index contributed by atoms with van der Waals surface area (Å²) in [6.07, 6.45) is 3.48. The van der Waals surface area contributed by atoms with Crippen molar-refractivity contribution in [2.45, 2.75) is 38.3 Å². The van der Waals surface area contributed by atoms with Crippen molar-refractivity contribution in [1.82, 2.24) is 5.32 Å². The Bertz CT molecular complexity index is 563. The lowest BCUT2D eigenvalue weighted by molar-refractivity contribution is 0.361. The van der Waals surface area contributed by atoms with Crippen LogP contribution in [-0.4, -0.2) is 6.04 Å². The average Bonchev–Trinajstić information content (AvgIpc) is 2.85. The Kier molecular flexibility index (Phi) is 3.76. The normalized spacial score (nSPS) is 20.0. The number of halogens is 1. The predicted molar refractivity (Wildman–Crippen MR) is 80.2 cm³/mol. The lowest BCUT2D eigenvalue weighted by atomic mass is 9.88. The van der Waals surface area contributed by atoms with Crippen LogP contribution >= 0.6 is 15.9 Å². The number of hydrogen-bond donors (Lipinski definition) is 1. The number of aryl methyl sites for hydroxylation is 1. The van der Waals surface area contributed by atoms with Crippen LogP contribution in [0.1, 0.15) is 36.3 Å². The molecule has 100 valence electrons. The van der Waals surface area contributed by atoms with E-state index in [4.69, 9.17) is 4.42 Å². The highest BCUT2D eigenvalue weighted by Gasteiger charge is 2.21. The molecule has 1 N–H and O–H groups in total. The van der Waals surface area contributed by atoms with Gasteiger partial charge in [0.05, 0.1) is 6.04 Å². The summed E-state index contributed by atoms with van der Waals surface area (Å²) in [4.78, 5) is 0. The van der Waals surface area contributed by atoms with Gasteiger partial charge in [0.2, 0.25) is 0 Å². The van der Waals surface area contributed by atoms with Crippen LogP contribution in [0.2, 0.25) is 0 Å². The molecular formula is C16H18BrNO. The third-order valence-corrected chi connectivity index (χ3v) is 4.28. The van der Waals surface area contributed by atoms with Gasteiger partial charge in [0.1, 0.15) is 5.76 Å². The third kappa shape index (κ3) is 2.93. The maximum Gasteiger partial charge on any atom is 0.169 e. The fourth-order valence-electron chi connectivity index (χ4n) is 2.84. The molecule has 3 heteroatoms. The summed E-state index contributed by atoms with van der Waals surface area (Å²) in [6, 6.07) is 13.5. The van der Waals surface area contributed by atoms with Crippen molar-refractivity contribution in [3.8, 4) is 0 Å². The Morgan fingerprint density at radius 2 is 2.00 bits per heavy atom. The van der Waals surface area contributed by atoms with Crippen molar-refractivity contribution >= 4 is 15.9 Å². The Labute approximate surface area is 122 Å². The van der Waals surface area contributed by atoms with Gasteiger partial charge < -0.3 is 9.73 Å². The van der Waals surface area contributed by atoms with E-state index in [0.29, 0.717) is 6.04 Å². The van der Waals surface area contributed by atoms with Crippen LogP contribution in [0.5, 0.6) is 0 Å². The Balaban J connectivity index is 1.66. The second-order valence-electron chi connectivity index (χ2n) is 5.24. The lowest BCUT2D eigenvalue weighted by Gasteiger charge is -2.27. The number of fused-ring (bicyclic) bond motifs is 1. The van der Waals surface area contributed by atoms with Crippen molar-refractivity contribution in [3.05, 3.63) is 58.0 Å². The van der Waals surface area contributed by atoms with E-state index in [1.165, 1.54) is 24.0 Å². The fraction of sp³-hybridized carbons (Fsp3) is 0.375. The summed E-state index contributed by atoms with van der Waals surface area (Å²) in [6.45, 7) is 2.16. The second-order valence-corrected chi connectivity index (χ2v) is 6.02. The van der Waals surface area contributed by atoms with Crippen molar-refractivity contribution in [2.24, 2.45) is 0 Å². The minimum absolute atomic E-state index is 0.251. The second kappa shape index (κ2) is 5.51. The Morgan fingerprint density at radius 3 is 2.74 bits per heavy atom. The van der Waals surface area contributed by atoms with Crippen LogP contribution < -0.4 is 5.32 Å². The summed E-state index contributed by atoms with van der Waals surface area (Å²) in [5, 5.41) is 3.67. The quantitative estimate of drug-likeness (QED) is 0.914. The van der Waals surface area contributed by atoms with Crippen LogP contribution in [0.4, 0.5) is 0 Å². The zero-order valence-electron chi connectivity index (χ0n) is 11.0. The molecule has 2 atom stereocenters. The molecule has 0 aliphatic heterocycles. The highest BCUT2D eigenvalue weighted by molar-refractivity contribution is 9.10. The van der Waals surface area contributed by atoms with E-state index in [0.717, 1.165) is 16.9 Å². The summed E-state index contributed by atoms with van der Waals surface area (Å²) in [5.41, 5.74) is 2.99. The fourth-order valence-corrected chi connectivity index (χ4v) is 3.16. The molecule has 0 bridgehead atoms. The molecule has 1 heterocycles.